The van der Waals surface area contributed by atoms with Crippen molar-refractivity contribution in [2.24, 2.45) is 28.9 Å². The molecule has 1 saturated carbocycles. The Morgan fingerprint density at radius 3 is 2.39 bits per heavy atom. The molecule has 16 atom stereocenters. The molecule has 8 unspecified atom stereocenters. The average Bonchev–Trinajstić information content (AvgIpc) is 3.08. The zero-order chi connectivity index (χ0) is 35.8. The largest absolute Gasteiger partial charge is 0.394 e. The predicted octanol–water partition coefficient (Wildman–Crippen LogP) is -6.30. The van der Waals surface area contributed by atoms with E-state index in [1.807, 2.05) is 0 Å². The molecule has 0 bridgehead atoms. The lowest BCUT2D eigenvalue weighted by atomic mass is 9.84. The first-order chi connectivity index (χ1) is 23.4. The van der Waals surface area contributed by atoms with Crippen LogP contribution in [0.25, 0.3) is 0 Å². The number of aliphatic hydroxyl groups is 5. The van der Waals surface area contributed by atoms with Crippen LogP contribution >= 0.6 is 0 Å². The quantitative estimate of drug-likeness (QED) is 0.0624. The van der Waals surface area contributed by atoms with Gasteiger partial charge in [-0.3, -0.25) is 10.2 Å². The van der Waals surface area contributed by atoms with Gasteiger partial charge in [0.15, 0.2) is 24.7 Å². The highest BCUT2D eigenvalue weighted by Gasteiger charge is 2.53. The van der Waals surface area contributed by atoms with Crippen molar-refractivity contribution in [3.8, 4) is 0 Å². The number of amides is 1. The van der Waals surface area contributed by atoms with Crippen molar-refractivity contribution in [1.82, 2.24) is 21.3 Å². The summed E-state index contributed by atoms with van der Waals surface area (Å²) in [6, 6.07) is -4.41. The van der Waals surface area contributed by atoms with Gasteiger partial charge < -0.3 is 88.7 Å². The molecule has 4 aliphatic rings. The summed E-state index contributed by atoms with van der Waals surface area (Å²) in [5.74, 6) is -0.789. The molecule has 49 heavy (non-hydrogen) atoms. The van der Waals surface area contributed by atoms with Crippen LogP contribution in [0.4, 0.5) is 4.39 Å². The van der Waals surface area contributed by atoms with Crippen molar-refractivity contribution >= 4 is 11.9 Å². The van der Waals surface area contributed by atoms with Crippen molar-refractivity contribution in [3.05, 3.63) is 0 Å². The molecule has 0 spiro atoms. The highest BCUT2D eigenvalue weighted by molar-refractivity contribution is 5.80. The SMILES string of the molecule is N=C(NC[C@H]1CCCNC1)NC1C(O)[C@@H](CO)OC(OC2C(F)[C@H](O[C@H]3OC(CN)[C@@H](O)CC3N)C(N)C[C@H]2NC(=O)[C@@H](O)CCN)[C@@H]1O. The lowest BCUT2D eigenvalue weighted by Crippen LogP contribution is -2.69. The van der Waals surface area contributed by atoms with E-state index in [0.29, 0.717) is 6.54 Å². The number of nitrogens with one attached hydrogen (secondary N) is 5. The van der Waals surface area contributed by atoms with Crippen molar-refractivity contribution in [2.75, 3.05) is 39.3 Å². The van der Waals surface area contributed by atoms with Gasteiger partial charge in [0.05, 0.1) is 36.9 Å². The fourth-order valence-corrected chi connectivity index (χ4v) is 6.75. The van der Waals surface area contributed by atoms with Crippen molar-refractivity contribution in [2.45, 2.75) is 124 Å². The maximum atomic E-state index is 16.6. The summed E-state index contributed by atoms with van der Waals surface area (Å²) in [4.78, 5) is 12.8. The Morgan fingerprint density at radius 1 is 1.02 bits per heavy atom. The van der Waals surface area contributed by atoms with E-state index in [-0.39, 0.29) is 44.2 Å². The molecule has 4 rings (SSSR count). The number of aliphatic hydroxyl groups excluding tert-OH is 5. The maximum Gasteiger partial charge on any atom is 0.249 e. The highest BCUT2D eigenvalue weighted by atomic mass is 19.1. The van der Waals surface area contributed by atoms with Gasteiger partial charge in [-0.15, -0.1) is 0 Å². The summed E-state index contributed by atoms with van der Waals surface area (Å²) in [6.45, 7) is 1.40. The molecule has 19 nitrogen and oxygen atoms in total. The van der Waals surface area contributed by atoms with Gasteiger partial charge in [-0.25, -0.2) is 4.39 Å². The van der Waals surface area contributed by atoms with E-state index in [1.54, 1.807) is 0 Å². The molecule has 0 aromatic heterocycles. The lowest BCUT2D eigenvalue weighted by molar-refractivity contribution is -0.311. The van der Waals surface area contributed by atoms with Gasteiger partial charge in [-0.05, 0) is 57.7 Å². The van der Waals surface area contributed by atoms with Crippen LogP contribution in [0.1, 0.15) is 32.1 Å². The van der Waals surface area contributed by atoms with E-state index >= 15 is 4.39 Å². The smallest absolute Gasteiger partial charge is 0.249 e. The Labute approximate surface area is 284 Å². The number of hydrogen-bond donors (Lipinski definition) is 14. The topological polar surface area (TPSA) is 331 Å². The zero-order valence-electron chi connectivity index (χ0n) is 27.5. The molecule has 18 N–H and O–H groups in total. The molecule has 284 valence electrons. The van der Waals surface area contributed by atoms with Crippen molar-refractivity contribution < 1.29 is 53.7 Å². The number of nitrogens with two attached hydrogens (primary N) is 4. The summed E-state index contributed by atoms with van der Waals surface area (Å²) >= 11 is 0. The van der Waals surface area contributed by atoms with E-state index in [2.05, 4.69) is 21.3 Å². The van der Waals surface area contributed by atoms with Gasteiger partial charge in [0.25, 0.3) is 0 Å². The van der Waals surface area contributed by atoms with Gasteiger partial charge >= 0.3 is 0 Å². The van der Waals surface area contributed by atoms with Crippen LogP contribution in [0.15, 0.2) is 0 Å². The molecule has 4 fully saturated rings. The molecule has 0 aromatic rings. The Balaban J connectivity index is 1.52. The summed E-state index contributed by atoms with van der Waals surface area (Å²) in [7, 11) is 0. The molecule has 0 radical (unpaired) electrons. The minimum atomic E-state index is -2.12. The van der Waals surface area contributed by atoms with Gasteiger partial charge in [0, 0.05) is 19.1 Å². The van der Waals surface area contributed by atoms with Crippen LogP contribution in [-0.4, -0.2) is 168 Å². The molecule has 3 saturated heterocycles. The van der Waals surface area contributed by atoms with Crippen LogP contribution in [0.5, 0.6) is 0 Å². The third kappa shape index (κ3) is 10.1. The standard InChI is InChI=1S/C29H56FN9O10/c30-20-24(48-27-14(34)7-17(42)18(8-32)46-27)13(33)6-15(38-26(45)16(41)3-4-31)25(20)49-28-23(44)21(22(43)19(11-40)47-28)39-29(35)37-10-12-2-1-5-36-9-12/h12-25,27-28,36,40-44H,1-11,31-34H2,(H,38,45)(H3,35,37,39)/t12-,13?,14?,15+,16-,17-,18?,19+,20?,21?,22?,23+,24+,25?,27+,28?/m0/s1. The molecular weight excluding hydrogens is 653 g/mol. The Kier molecular flexibility index (Phi) is 15.1. The van der Waals surface area contributed by atoms with Crippen LogP contribution in [0.3, 0.4) is 0 Å². The maximum absolute atomic E-state index is 16.6. The summed E-state index contributed by atoms with van der Waals surface area (Å²) in [5.41, 5.74) is 23.7. The summed E-state index contributed by atoms with van der Waals surface area (Å²) < 4.78 is 40.0. The third-order valence-corrected chi connectivity index (χ3v) is 9.62. The van der Waals surface area contributed by atoms with Crippen LogP contribution < -0.4 is 44.2 Å². The van der Waals surface area contributed by atoms with Crippen LogP contribution in [0.2, 0.25) is 0 Å². The first-order valence-electron chi connectivity index (χ1n) is 17.0. The van der Waals surface area contributed by atoms with Crippen molar-refractivity contribution in [3.63, 3.8) is 0 Å². The van der Waals surface area contributed by atoms with Crippen molar-refractivity contribution in [1.29, 1.82) is 5.41 Å². The minimum Gasteiger partial charge on any atom is -0.394 e. The van der Waals surface area contributed by atoms with Crippen LogP contribution in [-0.2, 0) is 23.7 Å². The van der Waals surface area contributed by atoms with E-state index in [4.69, 9.17) is 47.3 Å². The molecule has 1 aliphatic carbocycles. The second-order valence-corrected chi connectivity index (χ2v) is 13.3. The summed E-state index contributed by atoms with van der Waals surface area (Å²) in [6.07, 6.45) is -14.1. The Hall–Kier alpha value is -1.89. The van der Waals surface area contributed by atoms with E-state index in [1.165, 1.54) is 0 Å². The number of ether oxygens (including phenoxy) is 4. The number of hydrogen-bond acceptors (Lipinski definition) is 16. The number of carbonyl (C=O) groups is 1. The number of alkyl halides is 1. The number of carbonyl (C=O) groups excluding carboxylic acids is 1. The molecule has 1 amide bonds. The average molecular weight is 710 g/mol. The monoisotopic (exact) mass is 709 g/mol. The first-order valence-corrected chi connectivity index (χ1v) is 17.0. The second-order valence-electron chi connectivity index (χ2n) is 13.3. The van der Waals surface area contributed by atoms with Crippen LogP contribution in [0, 0.1) is 11.3 Å². The van der Waals surface area contributed by atoms with Gasteiger partial charge in [-0.2, -0.15) is 0 Å². The molecule has 3 heterocycles. The van der Waals surface area contributed by atoms with Gasteiger partial charge in [-0.1, -0.05) is 0 Å². The number of piperidine rings is 1. The molecule has 0 aromatic carbocycles. The number of rotatable bonds is 13. The lowest BCUT2D eigenvalue weighted by Gasteiger charge is -2.48. The van der Waals surface area contributed by atoms with E-state index in [0.717, 1.165) is 25.9 Å². The summed E-state index contributed by atoms with van der Waals surface area (Å²) in [5, 5.41) is 72.6. The number of halogens is 1. The van der Waals surface area contributed by atoms with E-state index in [9.17, 15) is 30.3 Å². The Bertz CT molecular complexity index is 1050. The van der Waals surface area contributed by atoms with Gasteiger partial charge in [0.1, 0.15) is 36.6 Å². The Morgan fingerprint density at radius 2 is 1.73 bits per heavy atom. The fourth-order valence-electron chi connectivity index (χ4n) is 6.75. The normalized spacial score (nSPS) is 42.2. The minimum absolute atomic E-state index is 0.00323. The highest BCUT2D eigenvalue weighted by Crippen LogP contribution is 2.33. The molecule has 3 aliphatic heterocycles. The third-order valence-electron chi connectivity index (χ3n) is 9.62. The second kappa shape index (κ2) is 18.6. The number of guanidine groups is 1. The first kappa shape index (κ1) is 39.9. The van der Waals surface area contributed by atoms with E-state index < -0.39 is 104 Å². The zero-order valence-corrected chi connectivity index (χ0v) is 27.5. The molecule has 20 heteroatoms. The van der Waals surface area contributed by atoms with Gasteiger partial charge in [0.2, 0.25) is 5.91 Å². The molecular formula is C29H56FN9O10. The predicted molar refractivity (Wildman–Crippen MR) is 171 cm³/mol. The fraction of sp³-hybridized carbons (Fsp3) is 0.931.